The van der Waals surface area contributed by atoms with E-state index in [0.717, 1.165) is 22.2 Å². The Balaban J connectivity index is 1.67. The molecule has 0 aliphatic rings. The highest BCUT2D eigenvalue weighted by Gasteiger charge is 2.14. The van der Waals surface area contributed by atoms with E-state index in [1.165, 1.54) is 17.1 Å². The maximum absolute atomic E-state index is 12.7. The van der Waals surface area contributed by atoms with E-state index in [1.807, 2.05) is 49.4 Å². The van der Waals surface area contributed by atoms with Crippen molar-refractivity contribution in [1.82, 2.24) is 14.7 Å². The largest absolute Gasteiger partial charge is 0.508 e. The molecule has 29 heavy (non-hydrogen) atoms. The van der Waals surface area contributed by atoms with Gasteiger partial charge in [0.2, 0.25) is 0 Å². The number of hydrogen-bond acceptors (Lipinski definition) is 6. The average molecular weight is 388 g/mol. The third-order valence-electron chi connectivity index (χ3n) is 4.57. The minimum absolute atomic E-state index is 0.210. The lowest BCUT2D eigenvalue weighted by molar-refractivity contribution is 0.0979. The van der Waals surface area contributed by atoms with Crippen LogP contribution >= 0.6 is 0 Å². The molecule has 2 N–H and O–H groups in total. The van der Waals surface area contributed by atoms with E-state index in [-0.39, 0.29) is 17.9 Å². The molecule has 0 amide bonds. The summed E-state index contributed by atoms with van der Waals surface area (Å²) in [7, 11) is 0. The van der Waals surface area contributed by atoms with Gasteiger partial charge in [0.1, 0.15) is 18.7 Å². The molecule has 2 aromatic carbocycles. The Morgan fingerprint density at radius 3 is 2.55 bits per heavy atom. The molecule has 0 spiro atoms. The highest BCUT2D eigenvalue weighted by atomic mass is 16.7. The van der Waals surface area contributed by atoms with Crippen molar-refractivity contribution in [3.05, 3.63) is 94.2 Å². The number of rotatable bonds is 6. The van der Waals surface area contributed by atoms with Crippen LogP contribution in [0.2, 0.25) is 0 Å². The Hall–Kier alpha value is -3.87. The first-order valence-corrected chi connectivity index (χ1v) is 9.18. The number of aromatic nitrogens is 3. The van der Waals surface area contributed by atoms with Gasteiger partial charge >= 0.3 is 0 Å². The van der Waals surface area contributed by atoms with Crippen LogP contribution in [0.15, 0.2) is 71.8 Å². The number of hydrogen-bond donors (Lipinski definition) is 2. The minimum atomic E-state index is -0.320. The van der Waals surface area contributed by atoms with Crippen molar-refractivity contribution in [2.45, 2.75) is 20.1 Å². The van der Waals surface area contributed by atoms with Crippen LogP contribution in [0, 0.1) is 6.92 Å². The summed E-state index contributed by atoms with van der Waals surface area (Å²) in [5.41, 5.74) is 3.38. The van der Waals surface area contributed by atoms with Crippen LogP contribution in [0.3, 0.4) is 0 Å². The first-order valence-electron chi connectivity index (χ1n) is 9.18. The third kappa shape index (κ3) is 4.03. The fourth-order valence-corrected chi connectivity index (χ4v) is 3.08. The predicted octanol–water partition coefficient (Wildman–Crippen LogP) is 3.05. The van der Waals surface area contributed by atoms with Gasteiger partial charge in [0.25, 0.3) is 5.56 Å². The second kappa shape index (κ2) is 8.02. The van der Waals surface area contributed by atoms with Gasteiger partial charge < -0.3 is 15.3 Å². The smallest absolute Gasteiger partial charge is 0.287 e. The summed E-state index contributed by atoms with van der Waals surface area (Å²) in [6.07, 6.45) is 1.42. The molecule has 0 aliphatic carbocycles. The van der Waals surface area contributed by atoms with E-state index in [4.69, 9.17) is 4.84 Å². The first kappa shape index (κ1) is 18.5. The lowest BCUT2D eigenvalue weighted by Gasteiger charge is -2.15. The van der Waals surface area contributed by atoms with Gasteiger partial charge in [-0.15, -0.1) is 4.73 Å². The molecular formula is C22H20N4O3. The highest BCUT2D eigenvalue weighted by Crippen LogP contribution is 2.23. The van der Waals surface area contributed by atoms with Gasteiger partial charge in [0, 0.05) is 12.6 Å². The fraction of sp³-hybridized carbons (Fsp3) is 0.136. The lowest BCUT2D eigenvalue weighted by Crippen LogP contribution is -2.28. The van der Waals surface area contributed by atoms with Crippen molar-refractivity contribution >= 4 is 16.7 Å². The summed E-state index contributed by atoms with van der Waals surface area (Å²) < 4.78 is 1.21. The summed E-state index contributed by atoms with van der Waals surface area (Å²) in [6, 6.07) is 18.0. The van der Waals surface area contributed by atoms with E-state index in [0.29, 0.717) is 17.9 Å². The maximum Gasteiger partial charge on any atom is 0.287 e. The van der Waals surface area contributed by atoms with Crippen molar-refractivity contribution < 1.29 is 9.94 Å². The van der Waals surface area contributed by atoms with Gasteiger partial charge in [0.05, 0.1) is 16.8 Å². The SMILES string of the molecule is Cc1ncnc2c1c(NCc1ccc(O)cc1)cc(=O)n2OCc1ccccc1. The van der Waals surface area contributed by atoms with Crippen LogP contribution in [0.5, 0.6) is 5.75 Å². The summed E-state index contributed by atoms with van der Waals surface area (Å²) in [4.78, 5) is 27.1. The van der Waals surface area contributed by atoms with E-state index >= 15 is 0 Å². The number of nitrogens with zero attached hydrogens (tertiary/aromatic N) is 3. The Labute approximate surface area is 167 Å². The minimum Gasteiger partial charge on any atom is -0.508 e. The molecule has 0 bridgehead atoms. The number of aryl methyl sites for hydroxylation is 1. The number of pyridine rings is 1. The zero-order valence-corrected chi connectivity index (χ0v) is 15.9. The Morgan fingerprint density at radius 1 is 1.03 bits per heavy atom. The van der Waals surface area contributed by atoms with Crippen LogP contribution < -0.4 is 15.7 Å². The number of nitrogens with one attached hydrogen (secondary N) is 1. The fourth-order valence-electron chi connectivity index (χ4n) is 3.08. The first-order chi connectivity index (χ1) is 14.1. The van der Waals surface area contributed by atoms with Crippen molar-refractivity contribution in [2.24, 2.45) is 0 Å². The van der Waals surface area contributed by atoms with Gasteiger partial charge in [-0.05, 0) is 30.2 Å². The van der Waals surface area contributed by atoms with Crippen molar-refractivity contribution in [3.63, 3.8) is 0 Å². The van der Waals surface area contributed by atoms with Crippen LogP contribution in [-0.2, 0) is 13.2 Å². The summed E-state index contributed by atoms with van der Waals surface area (Å²) in [5.74, 6) is 0.210. The normalized spacial score (nSPS) is 10.8. The Kier molecular flexibility index (Phi) is 5.11. The van der Waals surface area contributed by atoms with Crippen molar-refractivity contribution in [3.8, 4) is 5.75 Å². The molecule has 2 aromatic heterocycles. The van der Waals surface area contributed by atoms with Crippen LogP contribution in [-0.4, -0.2) is 19.8 Å². The number of aromatic hydroxyl groups is 1. The lowest BCUT2D eigenvalue weighted by atomic mass is 10.2. The maximum atomic E-state index is 12.7. The molecule has 146 valence electrons. The molecule has 4 rings (SSSR count). The molecule has 0 radical (unpaired) electrons. The average Bonchev–Trinajstić information content (AvgIpc) is 2.73. The molecule has 2 heterocycles. The van der Waals surface area contributed by atoms with E-state index in [9.17, 15) is 9.90 Å². The third-order valence-corrected chi connectivity index (χ3v) is 4.57. The molecule has 0 saturated heterocycles. The van der Waals surface area contributed by atoms with Crippen LogP contribution in [0.25, 0.3) is 11.0 Å². The molecule has 0 saturated carbocycles. The Bertz CT molecular complexity index is 1190. The van der Waals surface area contributed by atoms with Gasteiger partial charge in [-0.3, -0.25) is 4.79 Å². The molecule has 7 nitrogen and oxygen atoms in total. The molecular weight excluding hydrogens is 368 g/mol. The number of anilines is 1. The number of phenols is 1. The van der Waals surface area contributed by atoms with Gasteiger partial charge in [-0.1, -0.05) is 42.5 Å². The summed E-state index contributed by atoms with van der Waals surface area (Å²) >= 11 is 0. The molecule has 0 unspecified atom stereocenters. The topological polar surface area (TPSA) is 89.3 Å². The van der Waals surface area contributed by atoms with Crippen LogP contribution in [0.4, 0.5) is 5.69 Å². The summed E-state index contributed by atoms with van der Waals surface area (Å²) in [5, 5.41) is 13.4. The standard InChI is InChI=1S/C22H20N4O3/c1-15-21-19(23-12-16-7-9-18(27)10-8-16)11-20(28)26(22(21)25-14-24-15)29-13-17-5-3-2-4-6-17/h2-11,14,23,27H,12-13H2,1H3. The molecule has 0 fully saturated rings. The number of phenolic OH excluding ortho intramolecular Hbond substituents is 1. The van der Waals surface area contributed by atoms with E-state index in [1.54, 1.807) is 12.1 Å². The quantitative estimate of drug-likeness (QED) is 0.528. The molecule has 0 aliphatic heterocycles. The Morgan fingerprint density at radius 2 is 1.79 bits per heavy atom. The van der Waals surface area contributed by atoms with Crippen molar-refractivity contribution in [1.29, 1.82) is 0 Å². The van der Waals surface area contributed by atoms with E-state index in [2.05, 4.69) is 15.3 Å². The van der Waals surface area contributed by atoms with Crippen molar-refractivity contribution in [2.75, 3.05) is 5.32 Å². The monoisotopic (exact) mass is 388 g/mol. The second-order valence-electron chi connectivity index (χ2n) is 6.63. The van der Waals surface area contributed by atoms with E-state index < -0.39 is 0 Å². The molecule has 7 heteroatoms. The molecule has 0 atom stereocenters. The highest BCUT2D eigenvalue weighted by molar-refractivity contribution is 5.90. The zero-order valence-electron chi connectivity index (χ0n) is 15.9. The van der Waals surface area contributed by atoms with Gasteiger partial charge in [-0.25, -0.2) is 9.97 Å². The van der Waals surface area contributed by atoms with Gasteiger partial charge in [-0.2, -0.15) is 0 Å². The predicted molar refractivity (Wildman–Crippen MR) is 111 cm³/mol. The number of fused-ring (bicyclic) bond motifs is 1. The molecule has 4 aromatic rings. The van der Waals surface area contributed by atoms with Crippen LogP contribution in [0.1, 0.15) is 16.8 Å². The second-order valence-corrected chi connectivity index (χ2v) is 6.63. The summed E-state index contributed by atoms with van der Waals surface area (Å²) in [6.45, 7) is 2.60. The van der Waals surface area contributed by atoms with Gasteiger partial charge in [0.15, 0.2) is 5.65 Å². The zero-order chi connectivity index (χ0) is 20.2. The number of benzene rings is 2.